The Balaban J connectivity index is 2.33. The van der Waals surface area contributed by atoms with Crippen LogP contribution in [0.5, 0.6) is 0 Å². The first-order chi connectivity index (χ1) is 8.53. The molecule has 1 aliphatic heterocycles. The van der Waals surface area contributed by atoms with E-state index in [2.05, 4.69) is 10.1 Å². The topological polar surface area (TPSA) is 95.0 Å². The van der Waals surface area contributed by atoms with Gasteiger partial charge in [0.25, 0.3) is 0 Å². The summed E-state index contributed by atoms with van der Waals surface area (Å²) < 4.78 is 0. The Hall–Kier alpha value is -1.82. The highest BCUT2D eigenvalue weighted by atomic mass is 16.4. The molecule has 2 heterocycles. The second-order valence-corrected chi connectivity index (χ2v) is 4.90. The Morgan fingerprint density at radius 3 is 3.06 bits per heavy atom. The summed E-state index contributed by atoms with van der Waals surface area (Å²) in [5.74, 6) is 0.0533. The lowest BCUT2D eigenvalue weighted by atomic mass is 9.94. The van der Waals surface area contributed by atoms with Gasteiger partial charge in [0.2, 0.25) is 0 Å². The molecule has 0 bridgehead atoms. The molecule has 0 radical (unpaired) electrons. The van der Waals surface area contributed by atoms with E-state index in [0.29, 0.717) is 12.1 Å². The monoisotopic (exact) mass is 250 g/mol. The molecule has 1 fully saturated rings. The highest BCUT2D eigenvalue weighted by molar-refractivity contribution is 6.02. The fourth-order valence-electron chi connectivity index (χ4n) is 2.33. The maximum absolute atomic E-state index is 10.1. The maximum Gasteiger partial charge on any atom is 0.172 e. The Bertz CT molecular complexity index is 459. The summed E-state index contributed by atoms with van der Waals surface area (Å²) in [6, 6.07) is 1.70. The number of aliphatic hydroxyl groups is 1. The summed E-state index contributed by atoms with van der Waals surface area (Å²) in [5.41, 5.74) is 6.36. The lowest BCUT2D eigenvalue weighted by Crippen LogP contribution is -2.46. The average molecular weight is 250 g/mol. The van der Waals surface area contributed by atoms with Crippen LogP contribution < -0.4 is 10.6 Å². The fourth-order valence-corrected chi connectivity index (χ4v) is 2.33. The van der Waals surface area contributed by atoms with E-state index in [1.54, 1.807) is 18.5 Å². The van der Waals surface area contributed by atoms with Gasteiger partial charge < -0.3 is 20.9 Å². The van der Waals surface area contributed by atoms with Crippen LogP contribution in [-0.4, -0.2) is 39.8 Å². The van der Waals surface area contributed by atoms with Crippen LogP contribution >= 0.6 is 0 Å². The number of rotatable bonds is 2. The van der Waals surface area contributed by atoms with Crippen molar-refractivity contribution in [2.75, 3.05) is 18.0 Å². The number of nitrogens with two attached hydrogens (primary N) is 1. The minimum Gasteiger partial charge on any atom is -0.409 e. The van der Waals surface area contributed by atoms with Crippen molar-refractivity contribution in [2.45, 2.75) is 25.4 Å². The summed E-state index contributed by atoms with van der Waals surface area (Å²) in [6.45, 7) is 3.16. The van der Waals surface area contributed by atoms with Crippen LogP contribution in [0.25, 0.3) is 0 Å². The number of aromatic nitrogens is 1. The summed E-state index contributed by atoms with van der Waals surface area (Å²) >= 11 is 0. The largest absolute Gasteiger partial charge is 0.409 e. The van der Waals surface area contributed by atoms with Gasteiger partial charge in [0, 0.05) is 24.8 Å². The number of hydrogen-bond acceptors (Lipinski definition) is 5. The normalized spacial score (nSPS) is 25.2. The fraction of sp³-hybridized carbons (Fsp3) is 0.500. The third-order valence-corrected chi connectivity index (χ3v) is 3.20. The van der Waals surface area contributed by atoms with Gasteiger partial charge in [-0.3, -0.25) is 4.98 Å². The molecule has 98 valence electrons. The van der Waals surface area contributed by atoms with Crippen molar-refractivity contribution in [1.29, 1.82) is 0 Å². The number of hydrogen-bond donors (Lipinski definition) is 3. The van der Waals surface area contributed by atoms with Gasteiger partial charge in [-0.05, 0) is 25.8 Å². The van der Waals surface area contributed by atoms with Crippen molar-refractivity contribution >= 4 is 11.5 Å². The van der Waals surface area contributed by atoms with Gasteiger partial charge in [0.15, 0.2) is 5.84 Å². The van der Waals surface area contributed by atoms with E-state index >= 15 is 0 Å². The van der Waals surface area contributed by atoms with Crippen molar-refractivity contribution in [3.8, 4) is 0 Å². The third kappa shape index (κ3) is 2.53. The van der Waals surface area contributed by atoms with Crippen molar-refractivity contribution < 1.29 is 10.3 Å². The van der Waals surface area contributed by atoms with Crippen LogP contribution in [0.2, 0.25) is 0 Å². The minimum atomic E-state index is -0.712. The van der Waals surface area contributed by atoms with Gasteiger partial charge in [0.05, 0.1) is 17.5 Å². The van der Waals surface area contributed by atoms with Crippen molar-refractivity contribution in [1.82, 2.24) is 4.98 Å². The predicted octanol–water partition coefficient (Wildman–Crippen LogP) is 0.527. The number of β-amino-alcohol motifs (C(OH)–C–C–N with tert-alkyl or cyclic N) is 1. The number of nitrogens with zero attached hydrogens (tertiary/aromatic N) is 3. The molecule has 1 aromatic rings. The smallest absolute Gasteiger partial charge is 0.172 e. The Labute approximate surface area is 106 Å². The second kappa shape index (κ2) is 4.81. The predicted molar refractivity (Wildman–Crippen MR) is 68.8 cm³/mol. The molecule has 1 unspecified atom stereocenters. The molecular weight excluding hydrogens is 232 g/mol. The van der Waals surface area contributed by atoms with Gasteiger partial charge in [0.1, 0.15) is 0 Å². The average Bonchev–Trinajstić information content (AvgIpc) is 2.36. The van der Waals surface area contributed by atoms with Gasteiger partial charge in [-0.15, -0.1) is 0 Å². The molecule has 18 heavy (non-hydrogen) atoms. The molecule has 1 aliphatic rings. The number of pyridine rings is 1. The first-order valence-electron chi connectivity index (χ1n) is 5.93. The molecule has 0 aliphatic carbocycles. The highest BCUT2D eigenvalue weighted by Crippen LogP contribution is 2.27. The molecule has 0 spiro atoms. The SMILES string of the molecule is CC1(O)CCCN(c2cnccc2/C(N)=N/O)C1. The second-order valence-electron chi connectivity index (χ2n) is 4.90. The van der Waals surface area contributed by atoms with E-state index in [4.69, 9.17) is 10.9 Å². The number of piperidine rings is 1. The zero-order valence-corrected chi connectivity index (χ0v) is 10.4. The van der Waals surface area contributed by atoms with E-state index in [1.165, 1.54) is 0 Å². The Morgan fingerprint density at radius 2 is 2.39 bits per heavy atom. The van der Waals surface area contributed by atoms with E-state index in [-0.39, 0.29) is 5.84 Å². The quantitative estimate of drug-likeness (QED) is 0.308. The van der Waals surface area contributed by atoms with Gasteiger partial charge in [-0.1, -0.05) is 5.16 Å². The van der Waals surface area contributed by atoms with Crippen LogP contribution in [0, 0.1) is 0 Å². The molecule has 4 N–H and O–H groups in total. The number of amidine groups is 1. The van der Waals surface area contributed by atoms with Crippen LogP contribution in [0.3, 0.4) is 0 Å². The minimum absolute atomic E-state index is 0.0533. The number of anilines is 1. The van der Waals surface area contributed by atoms with E-state index in [9.17, 15) is 5.11 Å². The Morgan fingerprint density at radius 1 is 1.61 bits per heavy atom. The summed E-state index contributed by atoms with van der Waals surface area (Å²) in [6.07, 6.45) is 4.95. The molecular formula is C12H18N4O2. The maximum atomic E-state index is 10.1. The van der Waals surface area contributed by atoms with Crippen LogP contribution in [0.4, 0.5) is 5.69 Å². The van der Waals surface area contributed by atoms with E-state index in [0.717, 1.165) is 25.1 Å². The molecule has 6 heteroatoms. The molecule has 2 rings (SSSR count). The zero-order chi connectivity index (χ0) is 13.2. The Kier molecular flexibility index (Phi) is 3.38. The first kappa shape index (κ1) is 12.6. The van der Waals surface area contributed by atoms with Crippen molar-refractivity contribution in [3.05, 3.63) is 24.0 Å². The molecule has 0 saturated carbocycles. The first-order valence-corrected chi connectivity index (χ1v) is 5.93. The van der Waals surface area contributed by atoms with Crippen molar-refractivity contribution in [3.63, 3.8) is 0 Å². The van der Waals surface area contributed by atoms with Crippen LogP contribution in [0.15, 0.2) is 23.6 Å². The highest BCUT2D eigenvalue weighted by Gasteiger charge is 2.29. The molecule has 1 saturated heterocycles. The molecule has 0 amide bonds. The number of oxime groups is 1. The lowest BCUT2D eigenvalue weighted by molar-refractivity contribution is 0.0449. The molecule has 6 nitrogen and oxygen atoms in total. The van der Waals surface area contributed by atoms with Crippen LogP contribution in [-0.2, 0) is 0 Å². The van der Waals surface area contributed by atoms with Crippen LogP contribution in [0.1, 0.15) is 25.3 Å². The summed E-state index contributed by atoms with van der Waals surface area (Å²) in [5, 5.41) is 21.9. The lowest BCUT2D eigenvalue weighted by Gasteiger charge is -2.38. The standard InChI is InChI=1S/C12H18N4O2/c1-12(17)4-2-6-16(8-12)10-7-14-5-3-9(10)11(13)15-18/h3,5,7,17-18H,2,4,6,8H2,1H3,(H2,13,15). The summed E-state index contributed by atoms with van der Waals surface area (Å²) in [7, 11) is 0. The van der Waals surface area contributed by atoms with E-state index in [1.807, 2.05) is 11.8 Å². The van der Waals surface area contributed by atoms with Gasteiger partial charge in [-0.25, -0.2) is 0 Å². The molecule has 1 aromatic heterocycles. The van der Waals surface area contributed by atoms with Crippen molar-refractivity contribution in [2.24, 2.45) is 10.9 Å². The third-order valence-electron chi connectivity index (χ3n) is 3.20. The van der Waals surface area contributed by atoms with Gasteiger partial charge >= 0.3 is 0 Å². The molecule has 0 aromatic carbocycles. The zero-order valence-electron chi connectivity index (χ0n) is 10.4. The van der Waals surface area contributed by atoms with E-state index < -0.39 is 5.60 Å². The van der Waals surface area contributed by atoms with Gasteiger partial charge in [-0.2, -0.15) is 0 Å². The summed E-state index contributed by atoms with van der Waals surface area (Å²) in [4.78, 5) is 6.09. The molecule has 1 atom stereocenters.